The molecular weight excluding hydrogens is 322 g/mol. The Hall–Kier alpha value is -1.63. The zero-order valence-corrected chi connectivity index (χ0v) is 13.4. The van der Waals surface area contributed by atoms with Gasteiger partial charge in [0.05, 0.1) is 4.90 Å². The molecule has 7 heteroatoms. The van der Waals surface area contributed by atoms with Crippen molar-refractivity contribution in [3.05, 3.63) is 53.7 Å². The number of rotatable bonds is 4. The molecule has 1 atom stereocenters. The predicted molar refractivity (Wildman–Crippen MR) is 86.6 cm³/mol. The number of halogens is 1. The zero-order chi connectivity index (χ0) is 15.6. The third-order valence-corrected chi connectivity index (χ3v) is 5.34. The number of sulfonamides is 1. The van der Waals surface area contributed by atoms with Crippen LogP contribution in [0.3, 0.4) is 0 Å². The highest BCUT2D eigenvalue weighted by Gasteiger charge is 2.27. The van der Waals surface area contributed by atoms with Gasteiger partial charge in [0.1, 0.15) is 5.82 Å². The molecule has 1 unspecified atom stereocenters. The minimum Gasteiger partial charge on any atom is -0.355 e. The Morgan fingerprint density at radius 2 is 2.09 bits per heavy atom. The van der Waals surface area contributed by atoms with Crippen molar-refractivity contribution in [3.8, 4) is 0 Å². The monoisotopic (exact) mass is 337 g/mol. The fourth-order valence-electron chi connectivity index (χ4n) is 2.53. The van der Waals surface area contributed by atoms with Gasteiger partial charge in [-0.25, -0.2) is 18.1 Å². The van der Waals surface area contributed by atoms with Crippen molar-refractivity contribution in [3.63, 3.8) is 0 Å². The van der Waals surface area contributed by atoms with Crippen LogP contribution >= 0.6 is 11.6 Å². The summed E-state index contributed by atoms with van der Waals surface area (Å²) in [5.74, 6) is 0.868. The topological polar surface area (TPSA) is 62.3 Å². The lowest BCUT2D eigenvalue weighted by molar-refractivity contribution is 0.561. The standard InChI is InChI=1S/C15H16ClN3O2S/c16-12-4-3-5-14(10-12)22(20,21)18-13-7-9-19(11-13)15-6-1-2-8-17-15/h1-6,8,10,13,18H,7,9,11H2. The molecule has 116 valence electrons. The predicted octanol–water partition coefficient (Wildman–Crippen LogP) is 2.29. The SMILES string of the molecule is O=S(=O)(NC1CCN(c2ccccn2)C1)c1cccc(Cl)c1. The molecule has 1 aliphatic heterocycles. The molecule has 1 saturated heterocycles. The molecule has 1 N–H and O–H groups in total. The van der Waals surface area contributed by atoms with E-state index in [1.54, 1.807) is 24.4 Å². The highest BCUT2D eigenvalue weighted by atomic mass is 35.5. The first-order valence-electron chi connectivity index (χ1n) is 6.98. The highest BCUT2D eigenvalue weighted by Crippen LogP contribution is 2.20. The van der Waals surface area contributed by atoms with E-state index in [-0.39, 0.29) is 10.9 Å². The van der Waals surface area contributed by atoms with Crippen LogP contribution in [0.25, 0.3) is 0 Å². The number of hydrogen-bond acceptors (Lipinski definition) is 4. The zero-order valence-electron chi connectivity index (χ0n) is 11.8. The minimum atomic E-state index is -3.55. The summed E-state index contributed by atoms with van der Waals surface area (Å²) in [6.45, 7) is 1.39. The van der Waals surface area contributed by atoms with Crippen LogP contribution in [-0.4, -0.2) is 32.5 Å². The maximum atomic E-state index is 12.4. The van der Waals surface area contributed by atoms with Gasteiger partial charge in [0.2, 0.25) is 10.0 Å². The van der Waals surface area contributed by atoms with Crippen molar-refractivity contribution in [1.29, 1.82) is 0 Å². The fourth-order valence-corrected chi connectivity index (χ4v) is 4.09. The molecule has 1 aromatic carbocycles. The van der Waals surface area contributed by atoms with Crippen molar-refractivity contribution in [2.24, 2.45) is 0 Å². The smallest absolute Gasteiger partial charge is 0.240 e. The molecule has 1 aliphatic rings. The Kier molecular flexibility index (Phi) is 4.33. The Bertz CT molecular complexity index is 752. The second-order valence-electron chi connectivity index (χ2n) is 5.20. The molecule has 0 spiro atoms. The average molecular weight is 338 g/mol. The van der Waals surface area contributed by atoms with E-state index in [4.69, 9.17) is 11.6 Å². The van der Waals surface area contributed by atoms with Gasteiger partial charge in [-0.05, 0) is 36.8 Å². The summed E-state index contributed by atoms with van der Waals surface area (Å²) in [6.07, 6.45) is 2.48. The number of aromatic nitrogens is 1. The van der Waals surface area contributed by atoms with Gasteiger partial charge in [-0.1, -0.05) is 23.7 Å². The number of benzene rings is 1. The van der Waals surface area contributed by atoms with E-state index in [0.29, 0.717) is 11.6 Å². The van der Waals surface area contributed by atoms with E-state index < -0.39 is 10.0 Å². The van der Waals surface area contributed by atoms with Gasteiger partial charge in [0, 0.05) is 30.4 Å². The lowest BCUT2D eigenvalue weighted by atomic mass is 10.3. The first-order chi connectivity index (χ1) is 10.5. The van der Waals surface area contributed by atoms with Gasteiger partial charge in [0.15, 0.2) is 0 Å². The molecule has 0 saturated carbocycles. The maximum absolute atomic E-state index is 12.4. The van der Waals surface area contributed by atoms with Crippen LogP contribution in [0.4, 0.5) is 5.82 Å². The molecule has 0 aliphatic carbocycles. The summed E-state index contributed by atoms with van der Waals surface area (Å²) in [7, 11) is -3.55. The van der Waals surface area contributed by atoms with Crippen LogP contribution in [0.5, 0.6) is 0 Å². The Labute approximate surface area is 135 Å². The van der Waals surface area contributed by atoms with Gasteiger partial charge >= 0.3 is 0 Å². The third kappa shape index (κ3) is 3.40. The molecule has 0 radical (unpaired) electrons. The van der Waals surface area contributed by atoms with Crippen LogP contribution in [0.1, 0.15) is 6.42 Å². The molecule has 1 fully saturated rings. The van der Waals surface area contributed by atoms with Crippen molar-refractivity contribution in [1.82, 2.24) is 9.71 Å². The van der Waals surface area contributed by atoms with Crippen molar-refractivity contribution in [2.45, 2.75) is 17.4 Å². The van der Waals surface area contributed by atoms with Gasteiger partial charge in [-0.3, -0.25) is 0 Å². The van der Waals surface area contributed by atoms with E-state index in [0.717, 1.165) is 18.8 Å². The largest absolute Gasteiger partial charge is 0.355 e. The lowest BCUT2D eigenvalue weighted by Gasteiger charge is -2.17. The summed E-state index contributed by atoms with van der Waals surface area (Å²) in [6, 6.07) is 11.9. The lowest BCUT2D eigenvalue weighted by Crippen LogP contribution is -2.37. The summed E-state index contributed by atoms with van der Waals surface area (Å²) in [4.78, 5) is 6.56. The van der Waals surface area contributed by atoms with Crippen molar-refractivity contribution >= 4 is 27.4 Å². The van der Waals surface area contributed by atoms with Crippen molar-refractivity contribution in [2.75, 3.05) is 18.0 Å². The Morgan fingerprint density at radius 1 is 1.23 bits per heavy atom. The first kappa shape index (κ1) is 15.3. The molecule has 2 heterocycles. The van der Waals surface area contributed by atoms with Crippen molar-refractivity contribution < 1.29 is 8.42 Å². The number of nitrogens with zero attached hydrogens (tertiary/aromatic N) is 2. The van der Waals surface area contributed by atoms with Crippen LogP contribution in [0.15, 0.2) is 53.6 Å². The number of nitrogens with one attached hydrogen (secondary N) is 1. The van der Waals surface area contributed by atoms with E-state index in [2.05, 4.69) is 14.6 Å². The second-order valence-corrected chi connectivity index (χ2v) is 7.35. The van der Waals surface area contributed by atoms with Gasteiger partial charge in [-0.15, -0.1) is 0 Å². The third-order valence-electron chi connectivity index (χ3n) is 3.59. The summed E-state index contributed by atoms with van der Waals surface area (Å²) in [5, 5.41) is 0.407. The van der Waals surface area contributed by atoms with Crippen LogP contribution < -0.4 is 9.62 Å². The van der Waals surface area contributed by atoms with Crippen LogP contribution in [-0.2, 0) is 10.0 Å². The number of hydrogen-bond donors (Lipinski definition) is 1. The number of anilines is 1. The quantitative estimate of drug-likeness (QED) is 0.929. The molecule has 5 nitrogen and oxygen atoms in total. The molecule has 1 aromatic heterocycles. The minimum absolute atomic E-state index is 0.133. The summed E-state index contributed by atoms with van der Waals surface area (Å²) >= 11 is 5.86. The van der Waals surface area contributed by atoms with Crippen LogP contribution in [0, 0.1) is 0 Å². The van der Waals surface area contributed by atoms with Crippen LogP contribution in [0.2, 0.25) is 5.02 Å². The molecular formula is C15H16ClN3O2S. The normalized spacial score (nSPS) is 18.6. The summed E-state index contributed by atoms with van der Waals surface area (Å²) in [5.41, 5.74) is 0. The second kappa shape index (κ2) is 6.24. The number of pyridine rings is 1. The molecule has 22 heavy (non-hydrogen) atoms. The van der Waals surface area contributed by atoms with Gasteiger partial charge in [-0.2, -0.15) is 0 Å². The molecule has 0 amide bonds. The highest BCUT2D eigenvalue weighted by molar-refractivity contribution is 7.89. The van der Waals surface area contributed by atoms with Gasteiger partial charge < -0.3 is 4.90 Å². The van der Waals surface area contributed by atoms with E-state index in [1.807, 2.05) is 18.2 Å². The molecule has 3 rings (SSSR count). The average Bonchev–Trinajstić information content (AvgIpc) is 2.96. The van der Waals surface area contributed by atoms with Gasteiger partial charge in [0.25, 0.3) is 0 Å². The van der Waals surface area contributed by atoms with E-state index in [1.165, 1.54) is 6.07 Å². The first-order valence-corrected chi connectivity index (χ1v) is 8.84. The fraction of sp³-hybridized carbons (Fsp3) is 0.267. The molecule has 2 aromatic rings. The molecule has 0 bridgehead atoms. The Balaban J connectivity index is 1.69. The Morgan fingerprint density at radius 3 is 2.82 bits per heavy atom. The van der Waals surface area contributed by atoms with E-state index in [9.17, 15) is 8.42 Å². The maximum Gasteiger partial charge on any atom is 0.240 e. The van der Waals surface area contributed by atoms with E-state index >= 15 is 0 Å². The summed E-state index contributed by atoms with van der Waals surface area (Å²) < 4.78 is 27.5.